The van der Waals surface area contributed by atoms with E-state index in [2.05, 4.69) is 5.32 Å². The highest BCUT2D eigenvalue weighted by Gasteiger charge is 2.16. The van der Waals surface area contributed by atoms with Gasteiger partial charge in [-0.05, 0) is 37.5 Å². The number of benzene rings is 1. The molecule has 0 saturated carbocycles. The molecular weight excluding hydrogens is 276 g/mol. The molecule has 0 saturated heterocycles. The molecule has 0 fully saturated rings. The number of carbonyl (C=O) groups is 1. The number of phenols is 1. The fraction of sp³-hybridized carbons (Fsp3) is 0.500. The Balaban J connectivity index is 2.42. The van der Waals surface area contributed by atoms with Crippen LogP contribution in [0.4, 0.5) is 0 Å². The zero-order valence-corrected chi connectivity index (χ0v) is 12.7. The summed E-state index contributed by atoms with van der Waals surface area (Å²) in [4.78, 5) is 11.9. The summed E-state index contributed by atoms with van der Waals surface area (Å²) >= 11 is 0. The molecule has 0 aliphatic rings. The molecule has 4 N–H and O–H groups in total. The minimum absolute atomic E-state index is 0.0442. The first-order valence-electron chi connectivity index (χ1n) is 6.52. The van der Waals surface area contributed by atoms with E-state index in [-0.39, 0.29) is 17.7 Å². The third-order valence-corrected chi connectivity index (χ3v) is 3.77. The Morgan fingerprint density at radius 3 is 2.55 bits per heavy atom. The molecule has 0 spiro atoms. The van der Waals surface area contributed by atoms with E-state index < -0.39 is 16.8 Å². The molecule has 1 amide bonds. The van der Waals surface area contributed by atoms with Crippen LogP contribution < -0.4 is 11.1 Å². The van der Waals surface area contributed by atoms with Crippen LogP contribution in [0.2, 0.25) is 0 Å². The maximum absolute atomic E-state index is 11.9. The van der Waals surface area contributed by atoms with Gasteiger partial charge in [0.2, 0.25) is 5.91 Å². The largest absolute Gasteiger partial charge is 0.508 e. The van der Waals surface area contributed by atoms with Gasteiger partial charge >= 0.3 is 0 Å². The first-order valence-corrected chi connectivity index (χ1v) is 8.25. The van der Waals surface area contributed by atoms with Crippen molar-refractivity contribution in [2.45, 2.75) is 31.8 Å². The van der Waals surface area contributed by atoms with E-state index in [4.69, 9.17) is 5.73 Å². The Bertz CT molecular complexity index is 462. The second-order valence-corrected chi connectivity index (χ2v) is 6.51. The monoisotopic (exact) mass is 298 g/mol. The highest BCUT2D eigenvalue weighted by atomic mass is 32.2. The first kappa shape index (κ1) is 16.7. The molecule has 0 aromatic heterocycles. The SMILES string of the molecule is CC(CCS(C)=O)NC(=O)[C@@H](N)Cc1ccc(O)cc1. The predicted molar refractivity (Wildman–Crippen MR) is 80.9 cm³/mol. The topological polar surface area (TPSA) is 92.4 Å². The van der Waals surface area contributed by atoms with Crippen molar-refractivity contribution in [3.8, 4) is 5.75 Å². The predicted octanol–water partition coefficient (Wildman–Crippen LogP) is 0.535. The van der Waals surface area contributed by atoms with Crippen molar-refractivity contribution >= 4 is 16.7 Å². The van der Waals surface area contributed by atoms with Crippen molar-refractivity contribution in [1.82, 2.24) is 5.32 Å². The van der Waals surface area contributed by atoms with Crippen molar-refractivity contribution in [3.63, 3.8) is 0 Å². The van der Waals surface area contributed by atoms with E-state index in [0.29, 0.717) is 18.6 Å². The standard InChI is InChI=1S/C14H22N2O3S/c1-10(7-8-20(2)19)16-14(18)13(15)9-11-3-5-12(17)6-4-11/h3-6,10,13,17H,7-9,15H2,1-2H3,(H,16,18)/t10?,13-,20?/m0/s1. The number of amides is 1. The fourth-order valence-corrected chi connectivity index (χ4v) is 2.43. The number of hydrogen-bond donors (Lipinski definition) is 3. The summed E-state index contributed by atoms with van der Waals surface area (Å²) < 4.78 is 11.0. The van der Waals surface area contributed by atoms with Gasteiger partial charge in [-0.3, -0.25) is 9.00 Å². The molecule has 0 radical (unpaired) electrons. The van der Waals surface area contributed by atoms with Crippen LogP contribution in [0.25, 0.3) is 0 Å². The maximum atomic E-state index is 11.9. The van der Waals surface area contributed by atoms with Crippen LogP contribution in [0.3, 0.4) is 0 Å². The molecule has 0 heterocycles. The van der Waals surface area contributed by atoms with E-state index in [1.54, 1.807) is 30.5 Å². The van der Waals surface area contributed by atoms with Crippen LogP contribution in [-0.4, -0.2) is 39.3 Å². The van der Waals surface area contributed by atoms with Gasteiger partial charge in [-0.2, -0.15) is 0 Å². The number of aromatic hydroxyl groups is 1. The third kappa shape index (κ3) is 6.16. The number of carbonyl (C=O) groups excluding carboxylic acids is 1. The van der Waals surface area contributed by atoms with E-state index in [9.17, 15) is 14.1 Å². The summed E-state index contributed by atoms with van der Waals surface area (Å²) in [6.45, 7) is 1.87. The van der Waals surface area contributed by atoms with Crippen LogP contribution in [0.15, 0.2) is 24.3 Å². The summed E-state index contributed by atoms with van der Waals surface area (Å²) in [7, 11) is -0.852. The van der Waals surface area contributed by atoms with E-state index >= 15 is 0 Å². The van der Waals surface area contributed by atoms with Crippen molar-refractivity contribution in [2.75, 3.05) is 12.0 Å². The zero-order chi connectivity index (χ0) is 15.1. The molecule has 1 rings (SSSR count). The summed E-state index contributed by atoms with van der Waals surface area (Å²) in [5.74, 6) is 0.537. The normalized spacial score (nSPS) is 15.3. The number of nitrogens with one attached hydrogen (secondary N) is 1. The van der Waals surface area contributed by atoms with Crippen LogP contribution in [-0.2, 0) is 22.0 Å². The lowest BCUT2D eigenvalue weighted by Crippen LogP contribution is -2.45. The molecule has 20 heavy (non-hydrogen) atoms. The van der Waals surface area contributed by atoms with Gasteiger partial charge in [0.25, 0.3) is 0 Å². The highest BCUT2D eigenvalue weighted by molar-refractivity contribution is 7.84. The molecule has 0 aliphatic carbocycles. The van der Waals surface area contributed by atoms with Gasteiger partial charge in [0.1, 0.15) is 5.75 Å². The number of rotatable bonds is 7. The van der Waals surface area contributed by atoms with Gasteiger partial charge < -0.3 is 16.2 Å². The van der Waals surface area contributed by atoms with Crippen LogP contribution in [0.5, 0.6) is 5.75 Å². The van der Waals surface area contributed by atoms with Gasteiger partial charge in [0, 0.05) is 28.9 Å². The summed E-state index contributed by atoms with van der Waals surface area (Å²) in [5.41, 5.74) is 6.75. The quantitative estimate of drug-likeness (QED) is 0.685. The Morgan fingerprint density at radius 1 is 1.40 bits per heavy atom. The summed E-state index contributed by atoms with van der Waals surface area (Å²) in [6, 6.07) is 5.95. The molecule has 0 aliphatic heterocycles. The Labute approximate surface area is 122 Å². The van der Waals surface area contributed by atoms with E-state index in [0.717, 1.165) is 5.56 Å². The minimum Gasteiger partial charge on any atom is -0.508 e. The average molecular weight is 298 g/mol. The molecule has 112 valence electrons. The number of nitrogens with two attached hydrogens (primary N) is 1. The zero-order valence-electron chi connectivity index (χ0n) is 11.8. The smallest absolute Gasteiger partial charge is 0.237 e. The lowest BCUT2D eigenvalue weighted by Gasteiger charge is -2.17. The first-order chi connectivity index (χ1) is 9.38. The molecule has 0 bridgehead atoms. The molecule has 3 atom stereocenters. The van der Waals surface area contributed by atoms with Gasteiger partial charge in [0.15, 0.2) is 0 Å². The second-order valence-electron chi connectivity index (χ2n) is 4.95. The van der Waals surface area contributed by atoms with Crippen molar-refractivity contribution in [2.24, 2.45) is 5.73 Å². The van der Waals surface area contributed by atoms with Crippen LogP contribution in [0.1, 0.15) is 18.9 Å². The van der Waals surface area contributed by atoms with Crippen molar-refractivity contribution in [1.29, 1.82) is 0 Å². The fourth-order valence-electron chi connectivity index (χ4n) is 1.74. The highest BCUT2D eigenvalue weighted by Crippen LogP contribution is 2.11. The number of phenolic OH excluding ortho intramolecular Hbond substituents is 1. The molecule has 6 heteroatoms. The maximum Gasteiger partial charge on any atom is 0.237 e. The molecular formula is C14H22N2O3S. The van der Waals surface area contributed by atoms with Crippen molar-refractivity contribution in [3.05, 3.63) is 29.8 Å². The molecule has 5 nitrogen and oxygen atoms in total. The Hall–Kier alpha value is -1.40. The summed E-state index contributed by atoms with van der Waals surface area (Å²) in [5, 5.41) is 12.0. The van der Waals surface area contributed by atoms with Crippen molar-refractivity contribution < 1.29 is 14.1 Å². The van der Waals surface area contributed by atoms with Crippen LogP contribution in [0, 0.1) is 0 Å². The Morgan fingerprint density at radius 2 is 2.00 bits per heavy atom. The second kappa shape index (κ2) is 8.01. The molecule has 1 aromatic carbocycles. The third-order valence-electron chi connectivity index (χ3n) is 2.96. The Kier molecular flexibility index (Phi) is 6.67. The number of hydrogen-bond acceptors (Lipinski definition) is 4. The van der Waals surface area contributed by atoms with Gasteiger partial charge in [-0.15, -0.1) is 0 Å². The lowest BCUT2D eigenvalue weighted by atomic mass is 10.1. The van der Waals surface area contributed by atoms with Gasteiger partial charge in [-0.25, -0.2) is 0 Å². The van der Waals surface area contributed by atoms with Crippen LogP contribution >= 0.6 is 0 Å². The van der Waals surface area contributed by atoms with E-state index in [1.165, 1.54) is 0 Å². The van der Waals surface area contributed by atoms with Gasteiger partial charge in [0.05, 0.1) is 6.04 Å². The van der Waals surface area contributed by atoms with Gasteiger partial charge in [-0.1, -0.05) is 12.1 Å². The molecule has 1 aromatic rings. The molecule has 2 unspecified atom stereocenters. The minimum atomic E-state index is -0.852. The average Bonchev–Trinajstić information content (AvgIpc) is 2.39. The lowest BCUT2D eigenvalue weighted by molar-refractivity contribution is -0.122. The van der Waals surface area contributed by atoms with E-state index in [1.807, 2.05) is 6.92 Å². The summed E-state index contributed by atoms with van der Waals surface area (Å²) in [6.07, 6.45) is 2.73.